The average Bonchev–Trinajstić information content (AvgIpc) is 2.99. The monoisotopic (exact) mass is 319 g/mol. The predicted octanol–water partition coefficient (Wildman–Crippen LogP) is 2.54. The molecule has 2 heterocycles. The van der Waals surface area contributed by atoms with Gasteiger partial charge in [-0.2, -0.15) is 0 Å². The fourth-order valence-corrected chi connectivity index (χ4v) is 4.02. The van der Waals surface area contributed by atoms with Crippen LogP contribution in [0.2, 0.25) is 0 Å². The molecule has 3 rings (SSSR count). The third-order valence-corrected chi connectivity index (χ3v) is 5.30. The highest BCUT2D eigenvalue weighted by molar-refractivity contribution is 5.39. The molecule has 0 aromatic heterocycles. The summed E-state index contributed by atoms with van der Waals surface area (Å²) in [6.45, 7) is 8.30. The van der Waals surface area contributed by atoms with Crippen LogP contribution in [0.4, 0.5) is 0 Å². The number of aliphatic hydroxyl groups is 1. The Labute approximate surface area is 139 Å². The van der Waals surface area contributed by atoms with Crippen molar-refractivity contribution < 1.29 is 14.6 Å². The van der Waals surface area contributed by atoms with Crippen LogP contribution in [0, 0.1) is 19.8 Å². The summed E-state index contributed by atoms with van der Waals surface area (Å²) in [5.74, 6) is 1.27. The number of para-hydroxylation sites is 1. The average molecular weight is 319 g/mol. The lowest BCUT2D eigenvalue weighted by Crippen LogP contribution is -2.47. The van der Waals surface area contributed by atoms with Crippen molar-refractivity contribution in [3.8, 4) is 5.75 Å². The van der Waals surface area contributed by atoms with E-state index >= 15 is 0 Å². The smallest absolute Gasteiger partial charge is 0.125 e. The summed E-state index contributed by atoms with van der Waals surface area (Å²) in [7, 11) is 0. The standard InChI is InChI=1S/C19H29NO3/c1-14-5-3-6-15(2)19(14)23-12-10-20-9-4-7-17(20)16-13-22-11-8-18(16)21/h3,5-6,16-18,21H,4,7-13H2,1-2H3/t16-,17+,18-/m0/s1. The molecule has 1 aromatic carbocycles. The molecule has 128 valence electrons. The number of benzene rings is 1. The zero-order valence-electron chi connectivity index (χ0n) is 14.3. The van der Waals surface area contributed by atoms with Crippen LogP contribution >= 0.6 is 0 Å². The number of hydrogen-bond donors (Lipinski definition) is 1. The zero-order valence-corrected chi connectivity index (χ0v) is 14.3. The van der Waals surface area contributed by atoms with E-state index in [1.165, 1.54) is 17.5 Å². The molecule has 2 aliphatic heterocycles. The van der Waals surface area contributed by atoms with Crippen molar-refractivity contribution in [3.63, 3.8) is 0 Å². The van der Waals surface area contributed by atoms with Gasteiger partial charge in [-0.05, 0) is 50.8 Å². The molecule has 0 saturated carbocycles. The fraction of sp³-hybridized carbons (Fsp3) is 0.684. The maximum atomic E-state index is 10.3. The third-order valence-electron chi connectivity index (χ3n) is 5.30. The van der Waals surface area contributed by atoms with Crippen molar-refractivity contribution in [2.75, 3.05) is 32.9 Å². The molecular weight excluding hydrogens is 290 g/mol. The minimum absolute atomic E-state index is 0.214. The lowest BCUT2D eigenvalue weighted by atomic mass is 9.89. The molecule has 2 fully saturated rings. The van der Waals surface area contributed by atoms with Crippen molar-refractivity contribution >= 4 is 0 Å². The van der Waals surface area contributed by atoms with E-state index < -0.39 is 0 Å². The van der Waals surface area contributed by atoms with Gasteiger partial charge in [-0.1, -0.05) is 18.2 Å². The van der Waals surface area contributed by atoms with Gasteiger partial charge in [0.25, 0.3) is 0 Å². The second-order valence-corrected chi connectivity index (χ2v) is 6.91. The summed E-state index contributed by atoms with van der Waals surface area (Å²) in [4.78, 5) is 2.48. The van der Waals surface area contributed by atoms with E-state index in [1.807, 2.05) is 0 Å². The molecule has 4 nitrogen and oxygen atoms in total. The van der Waals surface area contributed by atoms with Gasteiger partial charge in [-0.15, -0.1) is 0 Å². The van der Waals surface area contributed by atoms with Gasteiger partial charge >= 0.3 is 0 Å². The van der Waals surface area contributed by atoms with E-state index in [0.717, 1.165) is 31.7 Å². The molecule has 0 spiro atoms. The minimum Gasteiger partial charge on any atom is -0.492 e. The van der Waals surface area contributed by atoms with Gasteiger partial charge in [0.2, 0.25) is 0 Å². The first-order valence-electron chi connectivity index (χ1n) is 8.85. The number of likely N-dealkylation sites (tertiary alicyclic amines) is 1. The van der Waals surface area contributed by atoms with Gasteiger partial charge in [-0.3, -0.25) is 4.90 Å². The number of aliphatic hydroxyl groups excluding tert-OH is 1. The normalized spacial score (nSPS) is 28.9. The fourth-order valence-electron chi connectivity index (χ4n) is 4.02. The summed E-state index contributed by atoms with van der Waals surface area (Å²) < 4.78 is 11.7. The summed E-state index contributed by atoms with van der Waals surface area (Å²) in [6, 6.07) is 6.69. The summed E-state index contributed by atoms with van der Waals surface area (Å²) >= 11 is 0. The largest absolute Gasteiger partial charge is 0.492 e. The maximum absolute atomic E-state index is 10.3. The Kier molecular flexibility index (Phi) is 5.57. The van der Waals surface area contributed by atoms with Gasteiger partial charge in [0.1, 0.15) is 12.4 Å². The number of ether oxygens (including phenoxy) is 2. The Morgan fingerprint density at radius 3 is 2.78 bits per heavy atom. The van der Waals surface area contributed by atoms with Crippen molar-refractivity contribution in [1.82, 2.24) is 4.90 Å². The minimum atomic E-state index is -0.214. The number of nitrogens with zero attached hydrogens (tertiary/aromatic N) is 1. The Morgan fingerprint density at radius 2 is 2.04 bits per heavy atom. The lowest BCUT2D eigenvalue weighted by Gasteiger charge is -2.37. The first kappa shape index (κ1) is 16.7. The Bertz CT molecular complexity index is 499. The Hall–Kier alpha value is -1.10. The van der Waals surface area contributed by atoms with Gasteiger partial charge in [0.15, 0.2) is 0 Å². The topological polar surface area (TPSA) is 41.9 Å². The van der Waals surface area contributed by atoms with Crippen molar-refractivity contribution in [2.24, 2.45) is 5.92 Å². The predicted molar refractivity (Wildman–Crippen MR) is 90.9 cm³/mol. The molecule has 1 aromatic rings. The summed E-state index contributed by atoms with van der Waals surface area (Å²) in [6.07, 6.45) is 2.92. The third kappa shape index (κ3) is 3.87. The highest BCUT2D eigenvalue weighted by atomic mass is 16.5. The Balaban J connectivity index is 1.55. The van der Waals surface area contributed by atoms with Crippen LogP contribution < -0.4 is 4.74 Å². The van der Waals surface area contributed by atoms with Crippen LogP contribution in [0.15, 0.2) is 18.2 Å². The SMILES string of the molecule is Cc1cccc(C)c1OCCN1CCC[C@@H]1[C@@H]1COCC[C@@H]1O. The molecule has 1 N–H and O–H groups in total. The van der Waals surface area contributed by atoms with Gasteiger partial charge < -0.3 is 14.6 Å². The summed E-state index contributed by atoms with van der Waals surface area (Å²) in [5, 5.41) is 10.3. The second kappa shape index (κ2) is 7.65. The molecule has 23 heavy (non-hydrogen) atoms. The lowest BCUT2D eigenvalue weighted by molar-refractivity contribution is -0.0634. The molecular formula is C19H29NO3. The van der Waals surface area contributed by atoms with E-state index in [0.29, 0.717) is 25.9 Å². The first-order valence-corrected chi connectivity index (χ1v) is 8.85. The van der Waals surface area contributed by atoms with Crippen LogP contribution in [0.5, 0.6) is 5.75 Å². The molecule has 0 amide bonds. The van der Waals surface area contributed by atoms with Crippen molar-refractivity contribution in [3.05, 3.63) is 29.3 Å². The van der Waals surface area contributed by atoms with Crippen LogP contribution in [0.3, 0.4) is 0 Å². The number of hydrogen-bond acceptors (Lipinski definition) is 4. The Morgan fingerprint density at radius 1 is 1.26 bits per heavy atom. The van der Waals surface area contributed by atoms with Crippen LogP contribution in [-0.2, 0) is 4.74 Å². The molecule has 2 saturated heterocycles. The van der Waals surface area contributed by atoms with Crippen LogP contribution in [-0.4, -0.2) is 55.1 Å². The first-order chi connectivity index (χ1) is 11.2. The number of aryl methyl sites for hydroxylation is 2. The highest BCUT2D eigenvalue weighted by Gasteiger charge is 2.37. The van der Waals surface area contributed by atoms with E-state index in [1.54, 1.807) is 0 Å². The van der Waals surface area contributed by atoms with E-state index in [9.17, 15) is 5.11 Å². The quantitative estimate of drug-likeness (QED) is 0.906. The van der Waals surface area contributed by atoms with E-state index in [2.05, 4.69) is 36.9 Å². The maximum Gasteiger partial charge on any atom is 0.125 e. The molecule has 0 unspecified atom stereocenters. The summed E-state index contributed by atoms with van der Waals surface area (Å²) in [5.41, 5.74) is 2.39. The van der Waals surface area contributed by atoms with Gasteiger partial charge in [0, 0.05) is 25.1 Å². The van der Waals surface area contributed by atoms with Crippen LogP contribution in [0.1, 0.15) is 30.4 Å². The molecule has 4 heteroatoms. The van der Waals surface area contributed by atoms with Crippen molar-refractivity contribution in [1.29, 1.82) is 0 Å². The van der Waals surface area contributed by atoms with E-state index in [4.69, 9.17) is 9.47 Å². The van der Waals surface area contributed by atoms with Crippen molar-refractivity contribution in [2.45, 2.75) is 45.3 Å². The van der Waals surface area contributed by atoms with Crippen LogP contribution in [0.25, 0.3) is 0 Å². The van der Waals surface area contributed by atoms with Gasteiger partial charge in [0.05, 0.1) is 12.7 Å². The molecule has 0 bridgehead atoms. The second-order valence-electron chi connectivity index (χ2n) is 6.91. The molecule has 0 radical (unpaired) electrons. The molecule has 2 aliphatic rings. The number of rotatable bonds is 5. The zero-order chi connectivity index (χ0) is 16.2. The highest BCUT2D eigenvalue weighted by Crippen LogP contribution is 2.30. The molecule has 3 atom stereocenters. The molecule has 0 aliphatic carbocycles. The van der Waals surface area contributed by atoms with E-state index in [-0.39, 0.29) is 12.0 Å². The van der Waals surface area contributed by atoms with Gasteiger partial charge in [-0.25, -0.2) is 0 Å².